The van der Waals surface area contributed by atoms with Gasteiger partial charge in [-0.05, 0) is 25.5 Å². The van der Waals surface area contributed by atoms with Gasteiger partial charge in [-0.3, -0.25) is 0 Å². The molecule has 1 aliphatic heterocycles. The minimum absolute atomic E-state index is 0.341. The molecule has 1 atom stereocenters. The van der Waals surface area contributed by atoms with Gasteiger partial charge in [0.1, 0.15) is 11.0 Å². The van der Waals surface area contributed by atoms with Gasteiger partial charge >= 0.3 is 0 Å². The summed E-state index contributed by atoms with van der Waals surface area (Å²) in [5.74, 6) is 0. The van der Waals surface area contributed by atoms with Crippen LogP contribution < -0.4 is 0 Å². The molecule has 0 aliphatic carbocycles. The Morgan fingerprint density at radius 1 is 1.38 bits per heavy atom. The highest BCUT2D eigenvalue weighted by atomic mass is 32.2. The first-order valence-electron chi connectivity index (χ1n) is 4.46. The molecule has 3 heteroatoms. The highest BCUT2D eigenvalue weighted by molar-refractivity contribution is 7.83. The molecule has 0 radical (unpaired) electrons. The predicted octanol–water partition coefficient (Wildman–Crippen LogP) is 1.93. The van der Waals surface area contributed by atoms with Gasteiger partial charge < -0.3 is 0 Å². The van der Waals surface area contributed by atoms with Crippen molar-refractivity contribution in [3.05, 3.63) is 29.8 Å². The monoisotopic (exact) mass is 195 g/mol. The van der Waals surface area contributed by atoms with E-state index in [0.717, 1.165) is 11.4 Å². The van der Waals surface area contributed by atoms with Crippen LogP contribution in [0.5, 0.6) is 0 Å². The molecular formula is C10H13NOS. The standard InChI is InChI=1S/C10H13NOS/c1-8(2)11-7-9-5-3-4-6-10(9)13(11)12/h3-6,8H,7H2,1-2H3. The quantitative estimate of drug-likeness (QED) is 0.670. The average Bonchev–Trinajstić information content (AvgIpc) is 2.45. The first kappa shape index (κ1) is 8.91. The number of hydrogen-bond acceptors (Lipinski definition) is 1. The van der Waals surface area contributed by atoms with Crippen LogP contribution in [0.4, 0.5) is 0 Å². The number of hydrogen-bond donors (Lipinski definition) is 0. The maximum atomic E-state index is 11.9. The first-order chi connectivity index (χ1) is 6.20. The molecule has 0 fully saturated rings. The second-order valence-electron chi connectivity index (χ2n) is 3.53. The fourth-order valence-electron chi connectivity index (χ4n) is 1.53. The number of fused-ring (bicyclic) bond motifs is 1. The van der Waals surface area contributed by atoms with E-state index in [9.17, 15) is 4.21 Å². The van der Waals surface area contributed by atoms with Crippen molar-refractivity contribution in [1.29, 1.82) is 0 Å². The van der Waals surface area contributed by atoms with E-state index in [1.807, 2.05) is 22.5 Å². The van der Waals surface area contributed by atoms with Crippen molar-refractivity contribution in [3.63, 3.8) is 0 Å². The molecule has 0 bridgehead atoms. The van der Waals surface area contributed by atoms with Crippen LogP contribution in [0, 0.1) is 0 Å². The molecule has 0 saturated heterocycles. The molecule has 0 saturated carbocycles. The minimum Gasteiger partial charge on any atom is -0.237 e. The lowest BCUT2D eigenvalue weighted by Gasteiger charge is -2.17. The van der Waals surface area contributed by atoms with E-state index in [1.165, 1.54) is 5.56 Å². The third kappa shape index (κ3) is 1.42. The Kier molecular flexibility index (Phi) is 2.22. The molecule has 1 unspecified atom stereocenters. The Balaban J connectivity index is 2.38. The van der Waals surface area contributed by atoms with Crippen LogP contribution in [0.1, 0.15) is 19.4 Å². The summed E-state index contributed by atoms with van der Waals surface area (Å²) in [6.07, 6.45) is 0. The Morgan fingerprint density at radius 3 is 2.69 bits per heavy atom. The second-order valence-corrected chi connectivity index (χ2v) is 4.93. The van der Waals surface area contributed by atoms with Gasteiger partial charge in [-0.2, -0.15) is 0 Å². The number of rotatable bonds is 1. The molecule has 2 rings (SSSR count). The van der Waals surface area contributed by atoms with E-state index in [-0.39, 0.29) is 0 Å². The summed E-state index contributed by atoms with van der Waals surface area (Å²) in [4.78, 5) is 0.983. The Bertz CT molecular complexity index is 349. The number of benzene rings is 1. The van der Waals surface area contributed by atoms with E-state index in [1.54, 1.807) is 0 Å². The van der Waals surface area contributed by atoms with Gasteiger partial charge in [0.2, 0.25) is 0 Å². The van der Waals surface area contributed by atoms with Crippen molar-refractivity contribution in [2.75, 3.05) is 0 Å². The summed E-state index contributed by atoms with van der Waals surface area (Å²) in [6.45, 7) is 4.97. The van der Waals surface area contributed by atoms with Crippen LogP contribution in [0.15, 0.2) is 29.2 Å². The third-order valence-electron chi connectivity index (χ3n) is 2.28. The van der Waals surface area contributed by atoms with Gasteiger partial charge in [0.15, 0.2) is 0 Å². The zero-order valence-corrected chi connectivity index (χ0v) is 8.67. The summed E-state index contributed by atoms with van der Waals surface area (Å²) in [6, 6.07) is 8.29. The lowest BCUT2D eigenvalue weighted by molar-refractivity contribution is 0.384. The molecule has 1 aromatic carbocycles. The Hall–Kier alpha value is -0.670. The number of nitrogens with zero attached hydrogens (tertiary/aromatic N) is 1. The molecule has 2 nitrogen and oxygen atoms in total. The molecule has 13 heavy (non-hydrogen) atoms. The highest BCUT2D eigenvalue weighted by Gasteiger charge is 2.27. The summed E-state index contributed by atoms with van der Waals surface area (Å²) in [5.41, 5.74) is 1.20. The molecule has 70 valence electrons. The van der Waals surface area contributed by atoms with Crippen LogP contribution >= 0.6 is 0 Å². The van der Waals surface area contributed by atoms with Gasteiger partial charge in [0.05, 0.1) is 4.90 Å². The topological polar surface area (TPSA) is 20.3 Å². The molecule has 0 aromatic heterocycles. The average molecular weight is 195 g/mol. The van der Waals surface area contributed by atoms with E-state index in [4.69, 9.17) is 0 Å². The minimum atomic E-state index is -0.932. The van der Waals surface area contributed by atoms with Gasteiger partial charge in [0, 0.05) is 12.6 Å². The van der Waals surface area contributed by atoms with E-state index in [2.05, 4.69) is 19.9 Å². The summed E-state index contributed by atoms with van der Waals surface area (Å²) < 4.78 is 13.9. The summed E-state index contributed by atoms with van der Waals surface area (Å²) in [7, 11) is -0.932. The maximum absolute atomic E-state index is 11.9. The summed E-state index contributed by atoms with van der Waals surface area (Å²) in [5, 5.41) is 0. The van der Waals surface area contributed by atoms with Crippen LogP contribution in [0.2, 0.25) is 0 Å². The van der Waals surface area contributed by atoms with Crippen LogP contribution in [0.3, 0.4) is 0 Å². The normalized spacial score (nSPS) is 22.2. The fourth-order valence-corrected chi connectivity index (χ4v) is 2.98. The van der Waals surface area contributed by atoms with Crippen molar-refractivity contribution in [3.8, 4) is 0 Å². The van der Waals surface area contributed by atoms with E-state index >= 15 is 0 Å². The zero-order valence-electron chi connectivity index (χ0n) is 7.86. The van der Waals surface area contributed by atoms with Crippen LogP contribution in [-0.4, -0.2) is 14.6 Å². The molecule has 1 aliphatic rings. The zero-order chi connectivity index (χ0) is 9.42. The van der Waals surface area contributed by atoms with Crippen molar-refractivity contribution in [2.45, 2.75) is 31.3 Å². The van der Waals surface area contributed by atoms with E-state index in [0.29, 0.717) is 6.04 Å². The first-order valence-corrected chi connectivity index (χ1v) is 5.57. The van der Waals surface area contributed by atoms with Gasteiger partial charge in [-0.15, -0.1) is 0 Å². The third-order valence-corrected chi connectivity index (χ3v) is 4.03. The maximum Gasteiger partial charge on any atom is 0.128 e. The van der Waals surface area contributed by atoms with Gasteiger partial charge in [0.25, 0.3) is 0 Å². The summed E-state index contributed by atoms with van der Waals surface area (Å²) >= 11 is 0. The lowest BCUT2D eigenvalue weighted by Crippen LogP contribution is -2.26. The van der Waals surface area contributed by atoms with Crippen molar-refractivity contribution < 1.29 is 4.21 Å². The molecule has 0 spiro atoms. The molecule has 1 aromatic rings. The SMILES string of the molecule is CC(C)N1Cc2ccccc2S1=O. The largest absolute Gasteiger partial charge is 0.237 e. The van der Waals surface area contributed by atoms with Crippen LogP contribution in [-0.2, 0) is 17.5 Å². The molecular weight excluding hydrogens is 182 g/mol. The Morgan fingerprint density at radius 2 is 2.08 bits per heavy atom. The van der Waals surface area contributed by atoms with Gasteiger partial charge in [-0.1, -0.05) is 18.2 Å². The van der Waals surface area contributed by atoms with Gasteiger partial charge in [-0.25, -0.2) is 8.51 Å². The Labute approximate surface area is 81.2 Å². The molecule has 0 N–H and O–H groups in total. The van der Waals surface area contributed by atoms with Crippen LogP contribution in [0.25, 0.3) is 0 Å². The second kappa shape index (κ2) is 3.24. The van der Waals surface area contributed by atoms with E-state index < -0.39 is 11.0 Å². The fraction of sp³-hybridized carbons (Fsp3) is 0.400. The lowest BCUT2D eigenvalue weighted by atomic mass is 10.2. The molecule has 0 amide bonds. The predicted molar refractivity (Wildman–Crippen MR) is 53.5 cm³/mol. The van der Waals surface area contributed by atoms with Crippen molar-refractivity contribution in [2.24, 2.45) is 0 Å². The van der Waals surface area contributed by atoms with Crippen molar-refractivity contribution >= 4 is 11.0 Å². The highest BCUT2D eigenvalue weighted by Crippen LogP contribution is 2.27. The van der Waals surface area contributed by atoms with Crippen molar-refractivity contribution in [1.82, 2.24) is 4.31 Å². The smallest absolute Gasteiger partial charge is 0.128 e. The molecule has 1 heterocycles.